The van der Waals surface area contributed by atoms with E-state index >= 15 is 0 Å². The molecule has 1 aromatic rings. The number of nitrogens with one attached hydrogen (secondary N) is 1. The van der Waals surface area contributed by atoms with Gasteiger partial charge in [-0.2, -0.15) is 0 Å². The van der Waals surface area contributed by atoms with Crippen LogP contribution in [0, 0.1) is 6.92 Å². The van der Waals surface area contributed by atoms with Crippen LogP contribution in [0.15, 0.2) is 21.5 Å². The smallest absolute Gasteiger partial charge is 0.241 e. The van der Waals surface area contributed by atoms with Crippen molar-refractivity contribution in [1.82, 2.24) is 4.72 Å². The number of rotatable bonds is 4. The molecule has 0 amide bonds. The van der Waals surface area contributed by atoms with Gasteiger partial charge in [-0.25, -0.2) is 21.6 Å². The minimum absolute atomic E-state index is 0.00291. The highest BCUT2D eigenvalue weighted by atomic mass is 79.9. The molecule has 2 rings (SSSR count). The molecule has 1 aliphatic heterocycles. The number of halogens is 1. The van der Waals surface area contributed by atoms with E-state index in [-0.39, 0.29) is 29.4 Å². The van der Waals surface area contributed by atoms with E-state index in [2.05, 4.69) is 20.7 Å². The molecule has 1 saturated heterocycles. The minimum atomic E-state index is -3.85. The van der Waals surface area contributed by atoms with Crippen LogP contribution in [0.3, 0.4) is 0 Å². The first kappa shape index (κ1) is 16.9. The zero-order valence-corrected chi connectivity index (χ0v) is 14.6. The molecule has 118 valence electrons. The Balaban J connectivity index is 2.34. The Bertz CT molecular complexity index is 758. The zero-order valence-electron chi connectivity index (χ0n) is 11.3. The summed E-state index contributed by atoms with van der Waals surface area (Å²) in [6, 6.07) is 2.46. The Morgan fingerprint density at radius 3 is 2.62 bits per heavy atom. The third-order valence-electron chi connectivity index (χ3n) is 3.31. The molecule has 0 spiro atoms. The van der Waals surface area contributed by atoms with Gasteiger partial charge in [-0.1, -0.05) is 6.07 Å². The highest BCUT2D eigenvalue weighted by molar-refractivity contribution is 9.10. The maximum Gasteiger partial charge on any atom is 0.241 e. The van der Waals surface area contributed by atoms with Crippen molar-refractivity contribution in [1.29, 1.82) is 0 Å². The number of aliphatic hydroxyl groups excluding tert-OH is 1. The van der Waals surface area contributed by atoms with Gasteiger partial charge in [-0.05, 0) is 46.5 Å². The van der Waals surface area contributed by atoms with Crippen molar-refractivity contribution in [2.24, 2.45) is 0 Å². The Morgan fingerprint density at radius 2 is 2.10 bits per heavy atom. The van der Waals surface area contributed by atoms with Crippen LogP contribution in [-0.2, 0) is 26.5 Å². The lowest BCUT2D eigenvalue weighted by Gasteiger charge is -2.15. The normalized spacial score (nSPS) is 21.6. The third-order valence-corrected chi connectivity index (χ3v) is 7.93. The van der Waals surface area contributed by atoms with Gasteiger partial charge in [0.15, 0.2) is 9.84 Å². The third kappa shape index (κ3) is 3.84. The van der Waals surface area contributed by atoms with Crippen LogP contribution in [0.5, 0.6) is 0 Å². The van der Waals surface area contributed by atoms with Crippen LogP contribution in [0.25, 0.3) is 0 Å². The van der Waals surface area contributed by atoms with Gasteiger partial charge >= 0.3 is 0 Å². The molecule has 1 aliphatic rings. The fourth-order valence-corrected chi connectivity index (χ4v) is 6.38. The molecule has 6 nitrogen and oxygen atoms in total. The van der Waals surface area contributed by atoms with Gasteiger partial charge in [-0.15, -0.1) is 0 Å². The molecule has 0 radical (unpaired) electrons. The van der Waals surface area contributed by atoms with Gasteiger partial charge in [-0.3, -0.25) is 0 Å². The number of hydrogen-bond acceptors (Lipinski definition) is 5. The number of aliphatic hydroxyl groups is 1. The lowest BCUT2D eigenvalue weighted by Crippen LogP contribution is -2.35. The van der Waals surface area contributed by atoms with Crippen LogP contribution in [-0.4, -0.2) is 39.5 Å². The van der Waals surface area contributed by atoms with Crippen LogP contribution in [0.1, 0.15) is 17.5 Å². The van der Waals surface area contributed by atoms with Crippen molar-refractivity contribution in [3.05, 3.63) is 27.7 Å². The summed E-state index contributed by atoms with van der Waals surface area (Å²) in [5.41, 5.74) is 1.16. The van der Waals surface area contributed by atoms with Crippen molar-refractivity contribution in [3.63, 3.8) is 0 Å². The second-order valence-electron chi connectivity index (χ2n) is 5.10. The van der Waals surface area contributed by atoms with Gasteiger partial charge in [0.1, 0.15) is 0 Å². The largest absolute Gasteiger partial charge is 0.392 e. The predicted molar refractivity (Wildman–Crippen MR) is 82.2 cm³/mol. The summed E-state index contributed by atoms with van der Waals surface area (Å²) in [6.07, 6.45) is 0.276. The number of hydrogen-bond donors (Lipinski definition) is 2. The molecule has 0 aliphatic carbocycles. The lowest BCUT2D eigenvalue weighted by atomic mass is 10.1. The number of benzene rings is 1. The molecule has 9 heteroatoms. The van der Waals surface area contributed by atoms with Gasteiger partial charge < -0.3 is 5.11 Å². The van der Waals surface area contributed by atoms with E-state index in [1.165, 1.54) is 6.07 Å². The Morgan fingerprint density at radius 1 is 1.43 bits per heavy atom. The molecule has 0 bridgehead atoms. The molecule has 1 unspecified atom stereocenters. The van der Waals surface area contributed by atoms with E-state index in [1.54, 1.807) is 13.0 Å². The van der Waals surface area contributed by atoms with E-state index in [1.807, 2.05) is 0 Å². The maximum atomic E-state index is 12.4. The molecule has 1 aromatic carbocycles. The molecule has 1 atom stereocenters. The predicted octanol–water partition coefficient (Wildman–Crippen LogP) is 0.715. The van der Waals surface area contributed by atoms with Gasteiger partial charge in [0.25, 0.3) is 0 Å². The molecule has 1 fully saturated rings. The van der Waals surface area contributed by atoms with Crippen LogP contribution < -0.4 is 4.72 Å². The molecular weight excluding hydrogens is 382 g/mol. The highest BCUT2D eigenvalue weighted by Gasteiger charge is 2.32. The van der Waals surface area contributed by atoms with E-state index in [4.69, 9.17) is 0 Å². The average molecular weight is 398 g/mol. The first-order chi connectivity index (χ1) is 9.64. The monoisotopic (exact) mass is 397 g/mol. The second kappa shape index (κ2) is 5.96. The molecular formula is C12H16BrNO5S2. The van der Waals surface area contributed by atoms with Gasteiger partial charge in [0.2, 0.25) is 10.0 Å². The lowest BCUT2D eigenvalue weighted by molar-refractivity contribution is 0.281. The fraction of sp³-hybridized carbons (Fsp3) is 0.500. The summed E-state index contributed by atoms with van der Waals surface area (Å²) in [6.45, 7) is 1.46. The molecule has 1 heterocycles. The minimum Gasteiger partial charge on any atom is -0.392 e. The first-order valence-corrected chi connectivity index (χ1v) is 10.4. The number of sulfone groups is 1. The SMILES string of the molecule is Cc1cc(CO)cc(S(=O)(=O)NC2CCS(=O)(=O)C2)c1Br. The zero-order chi connectivity index (χ0) is 15.8. The molecule has 0 saturated carbocycles. The molecule has 21 heavy (non-hydrogen) atoms. The van der Waals surface area contributed by atoms with Crippen molar-refractivity contribution < 1.29 is 21.9 Å². The van der Waals surface area contributed by atoms with Crippen LogP contribution in [0.2, 0.25) is 0 Å². The van der Waals surface area contributed by atoms with Crippen molar-refractivity contribution in [2.45, 2.75) is 30.9 Å². The summed E-state index contributed by atoms with van der Waals surface area (Å²) >= 11 is 3.23. The molecule has 2 N–H and O–H groups in total. The summed E-state index contributed by atoms with van der Waals surface area (Å²) in [5, 5.41) is 9.19. The van der Waals surface area contributed by atoms with Gasteiger partial charge in [0.05, 0.1) is 23.0 Å². The summed E-state index contributed by atoms with van der Waals surface area (Å²) in [5.74, 6) is -0.181. The van der Waals surface area contributed by atoms with Crippen LogP contribution in [0.4, 0.5) is 0 Å². The quantitative estimate of drug-likeness (QED) is 0.779. The van der Waals surface area contributed by atoms with Gasteiger partial charge in [0, 0.05) is 10.5 Å². The summed E-state index contributed by atoms with van der Waals surface area (Å²) in [7, 11) is -7.01. The van der Waals surface area contributed by atoms with E-state index in [9.17, 15) is 21.9 Å². The van der Waals surface area contributed by atoms with Crippen molar-refractivity contribution in [3.8, 4) is 0 Å². The summed E-state index contributed by atoms with van der Waals surface area (Å²) < 4.78 is 50.5. The standard InChI is InChI=1S/C12H16BrNO5S2/c1-8-4-9(6-15)5-11(12(8)13)21(18,19)14-10-2-3-20(16,17)7-10/h4-5,10,14-15H,2-3,6-7H2,1H3. The topological polar surface area (TPSA) is 101 Å². The molecule has 0 aromatic heterocycles. The number of sulfonamides is 1. The van der Waals surface area contributed by atoms with Crippen LogP contribution >= 0.6 is 15.9 Å². The Kier molecular flexibility index (Phi) is 4.79. The fourth-order valence-electron chi connectivity index (χ4n) is 2.27. The Hall–Kier alpha value is -0.480. The summed E-state index contributed by atoms with van der Waals surface area (Å²) in [4.78, 5) is 0.0100. The van der Waals surface area contributed by atoms with Crippen molar-refractivity contribution in [2.75, 3.05) is 11.5 Å². The first-order valence-electron chi connectivity index (χ1n) is 6.27. The maximum absolute atomic E-state index is 12.4. The van der Waals surface area contributed by atoms with E-state index < -0.39 is 25.9 Å². The highest BCUT2D eigenvalue weighted by Crippen LogP contribution is 2.28. The average Bonchev–Trinajstić information content (AvgIpc) is 2.70. The number of aryl methyl sites for hydroxylation is 1. The van der Waals surface area contributed by atoms with E-state index in [0.29, 0.717) is 15.6 Å². The Labute approximate surface area is 132 Å². The van der Waals surface area contributed by atoms with Crippen molar-refractivity contribution >= 4 is 35.8 Å². The van der Waals surface area contributed by atoms with E-state index in [0.717, 1.165) is 0 Å². The second-order valence-corrected chi connectivity index (χ2v) is 9.81.